The molecule has 3 nitrogen and oxygen atoms in total. The first-order valence-electron chi connectivity index (χ1n) is 7.84. The van der Waals surface area contributed by atoms with Gasteiger partial charge in [0.15, 0.2) is 0 Å². The van der Waals surface area contributed by atoms with Crippen molar-refractivity contribution in [3.8, 4) is 0 Å². The second kappa shape index (κ2) is 6.19. The molecule has 1 heterocycles. The number of hydrogen-bond donors (Lipinski definition) is 1. The second-order valence-electron chi connectivity index (χ2n) is 6.97. The number of nitrogens with zero attached hydrogens (tertiary/aromatic N) is 2. The molecule has 0 radical (unpaired) electrons. The zero-order valence-corrected chi connectivity index (χ0v) is 14.7. The van der Waals surface area contributed by atoms with E-state index in [0.717, 1.165) is 11.1 Å². The van der Waals surface area contributed by atoms with Crippen LogP contribution in [-0.4, -0.2) is 11.3 Å². The number of aliphatic hydroxyl groups excluding tert-OH is 1. The fourth-order valence-electron chi connectivity index (χ4n) is 2.79. The Morgan fingerprint density at radius 1 is 1.29 bits per heavy atom. The maximum atomic E-state index is 14.6. The highest BCUT2D eigenvalue weighted by molar-refractivity contribution is 6.31. The molecular weight excluding hydrogens is 327 g/mol. The maximum absolute atomic E-state index is 14.6. The molecule has 0 bridgehead atoms. The maximum Gasteiger partial charge on any atom is 0.129 e. The molecule has 0 saturated carbocycles. The van der Waals surface area contributed by atoms with E-state index in [2.05, 4.69) is 25.9 Å². The van der Waals surface area contributed by atoms with Gasteiger partial charge in [0, 0.05) is 21.7 Å². The minimum Gasteiger partial charge on any atom is -0.392 e. The summed E-state index contributed by atoms with van der Waals surface area (Å²) in [5, 5.41) is 16.1. The summed E-state index contributed by atoms with van der Waals surface area (Å²) in [5.74, 6) is -0.235. The van der Waals surface area contributed by atoms with Crippen LogP contribution in [0.25, 0.3) is 0 Å². The van der Waals surface area contributed by atoms with Gasteiger partial charge < -0.3 is 5.11 Å². The van der Waals surface area contributed by atoms with Crippen molar-refractivity contribution in [2.24, 2.45) is 5.10 Å². The molecule has 126 valence electrons. The van der Waals surface area contributed by atoms with Crippen molar-refractivity contribution < 1.29 is 9.50 Å². The predicted molar refractivity (Wildman–Crippen MR) is 96.3 cm³/mol. The van der Waals surface area contributed by atoms with Crippen molar-refractivity contribution in [2.45, 2.75) is 39.3 Å². The van der Waals surface area contributed by atoms with Gasteiger partial charge in [-0.1, -0.05) is 38.4 Å². The van der Waals surface area contributed by atoms with Crippen molar-refractivity contribution in [3.63, 3.8) is 0 Å². The predicted octanol–water partition coefficient (Wildman–Crippen LogP) is 4.62. The van der Waals surface area contributed by atoms with Crippen molar-refractivity contribution in [3.05, 3.63) is 63.4 Å². The Balaban J connectivity index is 2.02. The van der Waals surface area contributed by atoms with Gasteiger partial charge in [0.25, 0.3) is 0 Å². The molecule has 0 unspecified atom stereocenters. The molecule has 1 aliphatic rings. The van der Waals surface area contributed by atoms with Gasteiger partial charge >= 0.3 is 0 Å². The Bertz CT molecular complexity index is 812. The van der Waals surface area contributed by atoms with Crippen molar-refractivity contribution >= 4 is 23.5 Å². The van der Waals surface area contributed by atoms with Crippen molar-refractivity contribution in [1.29, 1.82) is 0 Å². The van der Waals surface area contributed by atoms with Crippen LogP contribution in [0.4, 0.5) is 10.1 Å². The molecule has 0 fully saturated rings. The van der Waals surface area contributed by atoms with Gasteiger partial charge in [0.1, 0.15) is 5.82 Å². The molecule has 0 aliphatic carbocycles. The first-order chi connectivity index (χ1) is 11.3. The lowest BCUT2D eigenvalue weighted by molar-refractivity contribution is 0.282. The smallest absolute Gasteiger partial charge is 0.129 e. The van der Waals surface area contributed by atoms with E-state index in [1.165, 1.54) is 0 Å². The minimum atomic E-state index is -0.235. The normalized spacial score (nSPS) is 14.0. The highest BCUT2D eigenvalue weighted by Gasteiger charge is 2.23. The van der Waals surface area contributed by atoms with E-state index in [1.807, 2.05) is 12.1 Å². The van der Waals surface area contributed by atoms with Gasteiger partial charge in [-0.25, -0.2) is 4.39 Å². The van der Waals surface area contributed by atoms with Crippen LogP contribution in [0.15, 0.2) is 35.4 Å². The molecule has 3 rings (SSSR count). The van der Waals surface area contributed by atoms with Crippen LogP contribution in [-0.2, 0) is 18.6 Å². The highest BCUT2D eigenvalue weighted by Crippen LogP contribution is 2.33. The van der Waals surface area contributed by atoms with Gasteiger partial charge in [0.05, 0.1) is 25.1 Å². The lowest BCUT2D eigenvalue weighted by Crippen LogP contribution is -2.24. The van der Waals surface area contributed by atoms with E-state index in [0.29, 0.717) is 28.4 Å². The molecule has 2 aromatic carbocycles. The Morgan fingerprint density at radius 2 is 2.04 bits per heavy atom. The molecule has 1 aliphatic heterocycles. The molecule has 5 heteroatoms. The Labute approximate surface area is 146 Å². The highest BCUT2D eigenvalue weighted by atomic mass is 35.5. The summed E-state index contributed by atoms with van der Waals surface area (Å²) >= 11 is 6.14. The lowest BCUT2D eigenvalue weighted by Gasteiger charge is -2.28. The van der Waals surface area contributed by atoms with E-state index >= 15 is 0 Å². The first-order valence-corrected chi connectivity index (χ1v) is 8.21. The number of halogens is 2. The van der Waals surface area contributed by atoms with Gasteiger partial charge in [-0.3, -0.25) is 5.01 Å². The molecule has 24 heavy (non-hydrogen) atoms. The monoisotopic (exact) mass is 346 g/mol. The third kappa shape index (κ3) is 3.04. The summed E-state index contributed by atoms with van der Waals surface area (Å²) in [4.78, 5) is 0. The van der Waals surface area contributed by atoms with Crippen molar-refractivity contribution in [2.75, 3.05) is 5.01 Å². The summed E-state index contributed by atoms with van der Waals surface area (Å²) < 4.78 is 14.6. The van der Waals surface area contributed by atoms with Crippen LogP contribution in [0.3, 0.4) is 0 Å². The standard InChI is InChI=1S/C19H20ClFN2O/c1-19(2,3)13-7-12-9-22-23(10-14(12)17(21)8-13)18-6-4-5-16(20)15(18)11-24/h4-9,24H,10-11H2,1-3H3. The topological polar surface area (TPSA) is 35.8 Å². The van der Waals surface area contributed by atoms with E-state index < -0.39 is 0 Å². The van der Waals surface area contributed by atoms with Crippen LogP contribution < -0.4 is 5.01 Å². The zero-order valence-electron chi connectivity index (χ0n) is 14.0. The molecule has 0 saturated heterocycles. The van der Waals surface area contributed by atoms with Crippen LogP contribution in [0.1, 0.15) is 43.0 Å². The van der Waals surface area contributed by atoms with E-state index in [4.69, 9.17) is 11.6 Å². The quantitative estimate of drug-likeness (QED) is 0.861. The molecule has 0 amide bonds. The number of aliphatic hydroxyl groups is 1. The minimum absolute atomic E-state index is 0.127. The van der Waals surface area contributed by atoms with E-state index in [9.17, 15) is 9.50 Å². The molecular formula is C19H20ClFN2O. The summed E-state index contributed by atoms with van der Waals surface area (Å²) in [5.41, 5.74) is 3.48. The number of hydrogen-bond acceptors (Lipinski definition) is 3. The van der Waals surface area contributed by atoms with Gasteiger partial charge in [-0.15, -0.1) is 0 Å². The number of hydrazone groups is 1. The number of fused-ring (bicyclic) bond motifs is 1. The van der Waals surface area contributed by atoms with Gasteiger partial charge in [-0.05, 0) is 35.2 Å². The van der Waals surface area contributed by atoms with Gasteiger partial charge in [0.2, 0.25) is 0 Å². The van der Waals surface area contributed by atoms with Crippen LogP contribution >= 0.6 is 11.6 Å². The fraction of sp³-hybridized carbons (Fsp3) is 0.316. The first kappa shape index (κ1) is 16.9. The number of rotatable bonds is 2. The molecule has 0 atom stereocenters. The fourth-order valence-corrected chi connectivity index (χ4v) is 3.02. The summed E-state index contributed by atoms with van der Waals surface area (Å²) in [6.45, 7) is 6.27. The molecule has 1 N–H and O–H groups in total. The lowest BCUT2D eigenvalue weighted by atomic mass is 9.85. The number of anilines is 1. The van der Waals surface area contributed by atoms with Crippen molar-refractivity contribution in [1.82, 2.24) is 0 Å². The van der Waals surface area contributed by atoms with E-state index in [-0.39, 0.29) is 17.8 Å². The zero-order chi connectivity index (χ0) is 17.5. The molecule has 0 aromatic heterocycles. The largest absolute Gasteiger partial charge is 0.392 e. The number of benzene rings is 2. The average molecular weight is 347 g/mol. The second-order valence-corrected chi connectivity index (χ2v) is 7.38. The van der Waals surface area contributed by atoms with Crippen LogP contribution in [0.5, 0.6) is 0 Å². The summed E-state index contributed by atoms with van der Waals surface area (Å²) in [6, 6.07) is 8.92. The Hall–Kier alpha value is -1.91. The third-order valence-corrected chi connectivity index (χ3v) is 4.62. The van der Waals surface area contributed by atoms with Gasteiger partial charge in [-0.2, -0.15) is 5.10 Å². The van der Waals surface area contributed by atoms with Crippen LogP contribution in [0, 0.1) is 5.82 Å². The Kier molecular flexibility index (Phi) is 4.37. The summed E-state index contributed by atoms with van der Waals surface area (Å²) in [6.07, 6.45) is 1.67. The summed E-state index contributed by atoms with van der Waals surface area (Å²) in [7, 11) is 0. The molecule has 0 spiro atoms. The molecule has 2 aromatic rings. The van der Waals surface area contributed by atoms with Crippen LogP contribution in [0.2, 0.25) is 5.02 Å². The van der Waals surface area contributed by atoms with E-state index in [1.54, 1.807) is 29.4 Å². The SMILES string of the molecule is CC(C)(C)c1cc(F)c2c(c1)C=NN(c1cccc(Cl)c1CO)C2. The average Bonchev–Trinajstić information content (AvgIpc) is 2.53. The Morgan fingerprint density at radius 3 is 2.71 bits per heavy atom. The third-order valence-electron chi connectivity index (χ3n) is 4.27.